The highest BCUT2D eigenvalue weighted by molar-refractivity contribution is 5.85. The Kier molecular flexibility index (Phi) is 7.55. The Morgan fingerprint density at radius 3 is 2.07 bits per heavy atom. The Morgan fingerprint density at radius 2 is 1.52 bits per heavy atom. The van der Waals surface area contributed by atoms with Crippen molar-refractivity contribution in [2.24, 2.45) is 0 Å². The molecule has 0 aliphatic rings. The molecule has 0 saturated heterocycles. The maximum Gasteiger partial charge on any atom is 0.328 e. The number of carbonyl (C=O) groups excluding carboxylic acids is 3. The molecule has 2 N–H and O–H groups in total. The monoisotopic (exact) mass is 368 g/mol. The summed E-state index contributed by atoms with van der Waals surface area (Å²) in [5, 5.41) is 5.50. The van der Waals surface area contributed by atoms with E-state index in [-0.39, 0.29) is 18.2 Å². The number of benzene rings is 2. The Labute approximate surface area is 158 Å². The fourth-order valence-corrected chi connectivity index (χ4v) is 2.81. The zero-order chi connectivity index (χ0) is 19.6. The average molecular weight is 368 g/mol. The molecule has 0 heterocycles. The molecule has 2 amide bonds. The minimum Gasteiger partial charge on any atom is -0.467 e. The van der Waals surface area contributed by atoms with Gasteiger partial charge in [-0.2, -0.15) is 0 Å². The summed E-state index contributed by atoms with van der Waals surface area (Å²) in [4.78, 5) is 36.1. The molecular weight excluding hydrogens is 344 g/mol. The number of hydrogen-bond donors (Lipinski definition) is 2. The summed E-state index contributed by atoms with van der Waals surface area (Å²) in [5.74, 6) is -1.09. The maximum atomic E-state index is 12.6. The molecule has 2 aromatic carbocycles. The third-order valence-corrected chi connectivity index (χ3v) is 4.07. The van der Waals surface area contributed by atoms with E-state index in [0.29, 0.717) is 6.42 Å². The molecule has 2 rings (SSSR count). The third kappa shape index (κ3) is 6.58. The average Bonchev–Trinajstić information content (AvgIpc) is 2.67. The molecule has 2 aromatic rings. The lowest BCUT2D eigenvalue weighted by molar-refractivity contribution is -0.145. The molecule has 0 spiro atoms. The van der Waals surface area contributed by atoms with E-state index in [1.54, 1.807) is 0 Å². The van der Waals surface area contributed by atoms with Crippen LogP contribution in [0, 0.1) is 0 Å². The Hall–Kier alpha value is -3.15. The largest absolute Gasteiger partial charge is 0.467 e. The van der Waals surface area contributed by atoms with Gasteiger partial charge in [-0.3, -0.25) is 9.59 Å². The molecule has 0 bridgehead atoms. The summed E-state index contributed by atoms with van der Waals surface area (Å²) in [6.45, 7) is 1.40. The van der Waals surface area contributed by atoms with Crippen LogP contribution >= 0.6 is 0 Å². The van der Waals surface area contributed by atoms with Crippen LogP contribution in [0.4, 0.5) is 0 Å². The van der Waals surface area contributed by atoms with Gasteiger partial charge < -0.3 is 15.4 Å². The molecule has 27 heavy (non-hydrogen) atoms. The van der Waals surface area contributed by atoms with Gasteiger partial charge in [0.1, 0.15) is 6.04 Å². The van der Waals surface area contributed by atoms with Crippen molar-refractivity contribution in [1.29, 1.82) is 0 Å². The number of rotatable bonds is 8. The summed E-state index contributed by atoms with van der Waals surface area (Å²) in [6.07, 6.45) is 0.348. The smallest absolute Gasteiger partial charge is 0.328 e. The Bertz CT molecular complexity index is 762. The second-order valence-electron chi connectivity index (χ2n) is 6.20. The quantitative estimate of drug-likeness (QED) is 0.700. The van der Waals surface area contributed by atoms with Crippen molar-refractivity contribution in [2.75, 3.05) is 7.11 Å². The highest BCUT2D eigenvalue weighted by Gasteiger charge is 2.24. The molecule has 0 aromatic heterocycles. The van der Waals surface area contributed by atoms with Crippen LogP contribution < -0.4 is 10.6 Å². The minimum absolute atomic E-state index is 0.0197. The predicted octanol–water partition coefficient (Wildman–Crippen LogP) is 2.15. The van der Waals surface area contributed by atoms with E-state index in [9.17, 15) is 14.4 Å². The number of nitrogens with one attached hydrogen (secondary N) is 2. The summed E-state index contributed by atoms with van der Waals surface area (Å²) >= 11 is 0. The number of esters is 1. The Balaban J connectivity index is 2.08. The van der Waals surface area contributed by atoms with Gasteiger partial charge in [0.25, 0.3) is 0 Å². The highest BCUT2D eigenvalue weighted by Crippen LogP contribution is 2.17. The molecule has 6 heteroatoms. The van der Waals surface area contributed by atoms with Crippen molar-refractivity contribution in [1.82, 2.24) is 10.6 Å². The van der Waals surface area contributed by atoms with Gasteiger partial charge in [0.05, 0.1) is 19.6 Å². The fraction of sp³-hybridized carbons (Fsp3) is 0.286. The predicted molar refractivity (Wildman–Crippen MR) is 102 cm³/mol. The van der Waals surface area contributed by atoms with Crippen molar-refractivity contribution >= 4 is 17.8 Å². The van der Waals surface area contributed by atoms with Gasteiger partial charge >= 0.3 is 5.97 Å². The lowest BCUT2D eigenvalue weighted by Gasteiger charge is -2.21. The summed E-state index contributed by atoms with van der Waals surface area (Å²) in [7, 11) is 1.29. The zero-order valence-electron chi connectivity index (χ0n) is 15.5. The van der Waals surface area contributed by atoms with Crippen LogP contribution in [0.5, 0.6) is 0 Å². The molecule has 0 aliphatic carbocycles. The van der Waals surface area contributed by atoms with Crippen molar-refractivity contribution in [3.63, 3.8) is 0 Å². The van der Waals surface area contributed by atoms with Crippen molar-refractivity contribution in [3.05, 3.63) is 71.8 Å². The zero-order valence-corrected chi connectivity index (χ0v) is 15.5. The molecule has 0 saturated carbocycles. The molecule has 6 nitrogen and oxygen atoms in total. The van der Waals surface area contributed by atoms with E-state index in [1.807, 2.05) is 60.7 Å². The first-order chi connectivity index (χ1) is 13.0. The number of ether oxygens (including phenoxy) is 1. The van der Waals surface area contributed by atoms with Crippen LogP contribution in [0.2, 0.25) is 0 Å². The van der Waals surface area contributed by atoms with Crippen molar-refractivity contribution in [3.8, 4) is 0 Å². The lowest BCUT2D eigenvalue weighted by atomic mass is 10.0. The van der Waals surface area contributed by atoms with E-state index in [2.05, 4.69) is 10.6 Å². The second-order valence-corrected chi connectivity index (χ2v) is 6.20. The van der Waals surface area contributed by atoms with Crippen molar-refractivity contribution < 1.29 is 19.1 Å². The molecular formula is C21H24N2O4. The molecule has 0 unspecified atom stereocenters. The maximum absolute atomic E-state index is 12.6. The number of hydrogen-bond acceptors (Lipinski definition) is 4. The van der Waals surface area contributed by atoms with Gasteiger partial charge in [-0.15, -0.1) is 0 Å². The SMILES string of the molecule is COC(=O)[C@@H](Cc1ccccc1)NC(=O)C[C@@H](NC(C)=O)c1ccccc1. The fourth-order valence-electron chi connectivity index (χ4n) is 2.81. The number of methoxy groups -OCH3 is 1. The highest BCUT2D eigenvalue weighted by atomic mass is 16.5. The van der Waals surface area contributed by atoms with E-state index >= 15 is 0 Å². The van der Waals surface area contributed by atoms with E-state index in [1.165, 1.54) is 14.0 Å². The number of amides is 2. The first-order valence-electron chi connectivity index (χ1n) is 8.72. The van der Waals surface area contributed by atoms with Gasteiger partial charge in [-0.1, -0.05) is 60.7 Å². The first-order valence-corrected chi connectivity index (χ1v) is 8.72. The van der Waals surface area contributed by atoms with E-state index in [0.717, 1.165) is 11.1 Å². The summed E-state index contributed by atoms with van der Waals surface area (Å²) < 4.78 is 4.82. The second kappa shape index (κ2) is 10.1. The first kappa shape index (κ1) is 20.2. The van der Waals surface area contributed by atoms with Gasteiger partial charge in [0, 0.05) is 13.3 Å². The lowest BCUT2D eigenvalue weighted by Crippen LogP contribution is -2.44. The molecule has 0 fully saturated rings. The molecule has 0 aliphatic heterocycles. The van der Waals surface area contributed by atoms with Gasteiger partial charge in [-0.05, 0) is 11.1 Å². The van der Waals surface area contributed by atoms with Crippen LogP contribution in [-0.2, 0) is 25.5 Å². The standard InChI is InChI=1S/C21H24N2O4/c1-15(24)22-18(17-11-7-4-8-12-17)14-20(25)23-19(21(26)27-2)13-16-9-5-3-6-10-16/h3-12,18-19H,13-14H2,1-2H3,(H,22,24)(H,23,25)/t18-,19-/m1/s1. The van der Waals surface area contributed by atoms with E-state index in [4.69, 9.17) is 4.74 Å². The van der Waals surface area contributed by atoms with E-state index < -0.39 is 18.1 Å². The molecule has 142 valence electrons. The van der Waals surface area contributed by atoms with Crippen LogP contribution in [0.15, 0.2) is 60.7 Å². The normalized spacial score (nSPS) is 12.5. The Morgan fingerprint density at radius 1 is 0.926 bits per heavy atom. The topological polar surface area (TPSA) is 84.5 Å². The van der Waals surface area contributed by atoms with Crippen LogP contribution in [0.1, 0.15) is 30.5 Å². The summed E-state index contributed by atoms with van der Waals surface area (Å²) in [6, 6.07) is 17.3. The van der Waals surface area contributed by atoms with Crippen LogP contribution in [0.3, 0.4) is 0 Å². The van der Waals surface area contributed by atoms with Crippen LogP contribution in [0.25, 0.3) is 0 Å². The van der Waals surface area contributed by atoms with Gasteiger partial charge in [-0.25, -0.2) is 4.79 Å². The molecule has 2 atom stereocenters. The van der Waals surface area contributed by atoms with Gasteiger partial charge in [0.2, 0.25) is 11.8 Å². The minimum atomic E-state index is -0.793. The van der Waals surface area contributed by atoms with Crippen molar-refractivity contribution in [2.45, 2.75) is 31.8 Å². The third-order valence-electron chi connectivity index (χ3n) is 4.07. The van der Waals surface area contributed by atoms with Crippen LogP contribution in [-0.4, -0.2) is 30.9 Å². The van der Waals surface area contributed by atoms with Gasteiger partial charge in [0.15, 0.2) is 0 Å². The summed E-state index contributed by atoms with van der Waals surface area (Å²) in [5.41, 5.74) is 1.73. The molecule has 0 radical (unpaired) electrons. The number of carbonyl (C=O) groups is 3.